The number of halogens is 2. The minimum absolute atomic E-state index is 0.323. The number of rotatable bonds is 1. The van der Waals surface area contributed by atoms with Crippen molar-refractivity contribution in [2.45, 2.75) is 12.5 Å². The van der Waals surface area contributed by atoms with Gasteiger partial charge in [0.25, 0.3) is 0 Å². The zero-order valence-corrected chi connectivity index (χ0v) is 10.7. The van der Waals surface area contributed by atoms with Crippen LogP contribution in [0.5, 0.6) is 0 Å². The number of esters is 1. The quantitative estimate of drug-likeness (QED) is 0.738. The fraction of sp³-hybridized carbons (Fsp3) is 0.133. The van der Waals surface area contributed by atoms with Gasteiger partial charge in [-0.3, -0.25) is 0 Å². The third-order valence-corrected chi connectivity index (χ3v) is 3.44. The molecule has 1 unspecified atom stereocenters. The fourth-order valence-corrected chi connectivity index (χ4v) is 2.43. The van der Waals surface area contributed by atoms with Crippen molar-refractivity contribution in [1.29, 1.82) is 0 Å². The SMILES string of the molecule is O=C1OC(c2ccc(Cl)cc2F)Cc2ccccc21. The van der Waals surface area contributed by atoms with E-state index in [2.05, 4.69) is 0 Å². The van der Waals surface area contributed by atoms with Crippen LogP contribution in [0.25, 0.3) is 0 Å². The second-order valence-corrected chi connectivity index (χ2v) is 4.86. The average Bonchev–Trinajstić information content (AvgIpc) is 2.38. The minimum Gasteiger partial charge on any atom is -0.453 e. The van der Waals surface area contributed by atoms with Crippen LogP contribution in [0.4, 0.5) is 4.39 Å². The van der Waals surface area contributed by atoms with Gasteiger partial charge in [0.1, 0.15) is 11.9 Å². The van der Waals surface area contributed by atoms with Gasteiger partial charge in [-0.05, 0) is 23.8 Å². The molecule has 0 radical (unpaired) electrons. The molecular formula is C15H10ClFO2. The van der Waals surface area contributed by atoms with Crippen molar-refractivity contribution in [3.8, 4) is 0 Å². The molecule has 0 fully saturated rings. The summed E-state index contributed by atoms with van der Waals surface area (Å²) in [6.07, 6.45) is -0.125. The Morgan fingerprint density at radius 2 is 2.00 bits per heavy atom. The highest BCUT2D eigenvalue weighted by Crippen LogP contribution is 2.32. The van der Waals surface area contributed by atoms with E-state index in [4.69, 9.17) is 16.3 Å². The monoisotopic (exact) mass is 276 g/mol. The standard InChI is InChI=1S/C15H10ClFO2/c16-10-5-6-12(13(17)8-10)14-7-9-3-1-2-4-11(9)15(18)19-14/h1-6,8,14H,7H2. The molecule has 1 heterocycles. The molecule has 0 amide bonds. The Bertz CT molecular complexity index is 654. The maximum absolute atomic E-state index is 13.9. The number of cyclic esters (lactones) is 1. The molecule has 0 saturated heterocycles. The summed E-state index contributed by atoms with van der Waals surface area (Å²) < 4.78 is 19.2. The predicted molar refractivity (Wildman–Crippen MR) is 69.7 cm³/mol. The molecule has 0 saturated carbocycles. The molecular weight excluding hydrogens is 267 g/mol. The van der Waals surface area contributed by atoms with Gasteiger partial charge in [-0.1, -0.05) is 35.9 Å². The average molecular weight is 277 g/mol. The smallest absolute Gasteiger partial charge is 0.339 e. The van der Waals surface area contributed by atoms with Crippen molar-refractivity contribution in [2.24, 2.45) is 0 Å². The van der Waals surface area contributed by atoms with Crippen LogP contribution in [0, 0.1) is 5.82 Å². The van der Waals surface area contributed by atoms with Crippen LogP contribution in [0.2, 0.25) is 5.02 Å². The molecule has 0 bridgehead atoms. The second kappa shape index (κ2) is 4.67. The molecule has 0 aliphatic carbocycles. The van der Waals surface area contributed by atoms with Gasteiger partial charge in [-0.2, -0.15) is 0 Å². The van der Waals surface area contributed by atoms with Gasteiger partial charge in [-0.25, -0.2) is 9.18 Å². The van der Waals surface area contributed by atoms with Gasteiger partial charge in [0.05, 0.1) is 5.56 Å². The van der Waals surface area contributed by atoms with Crippen LogP contribution in [0.1, 0.15) is 27.6 Å². The van der Waals surface area contributed by atoms with Crippen LogP contribution in [-0.4, -0.2) is 5.97 Å². The number of hydrogen-bond donors (Lipinski definition) is 0. The van der Waals surface area contributed by atoms with E-state index in [1.807, 2.05) is 12.1 Å². The summed E-state index contributed by atoms with van der Waals surface area (Å²) in [5.74, 6) is -0.870. The molecule has 19 heavy (non-hydrogen) atoms. The van der Waals surface area contributed by atoms with Crippen molar-refractivity contribution in [3.05, 3.63) is 70.0 Å². The molecule has 1 aliphatic rings. The van der Waals surface area contributed by atoms with Crippen molar-refractivity contribution in [2.75, 3.05) is 0 Å². The fourth-order valence-electron chi connectivity index (χ4n) is 2.27. The highest BCUT2D eigenvalue weighted by Gasteiger charge is 2.28. The Labute approximate surface area is 114 Å². The van der Waals surface area contributed by atoms with E-state index in [9.17, 15) is 9.18 Å². The summed E-state index contributed by atoms with van der Waals surface area (Å²) in [5, 5.41) is 0.323. The first kappa shape index (κ1) is 12.2. The zero-order chi connectivity index (χ0) is 13.4. The van der Waals surface area contributed by atoms with Gasteiger partial charge in [0.2, 0.25) is 0 Å². The molecule has 96 valence electrons. The van der Waals surface area contributed by atoms with Crippen LogP contribution in [0.15, 0.2) is 42.5 Å². The number of fused-ring (bicyclic) bond motifs is 1. The van der Waals surface area contributed by atoms with E-state index >= 15 is 0 Å². The summed E-state index contributed by atoms with van der Waals surface area (Å²) in [4.78, 5) is 11.9. The molecule has 1 aliphatic heterocycles. The lowest BCUT2D eigenvalue weighted by Gasteiger charge is -2.25. The van der Waals surface area contributed by atoms with E-state index in [1.165, 1.54) is 6.07 Å². The van der Waals surface area contributed by atoms with E-state index in [1.54, 1.807) is 24.3 Å². The molecule has 2 nitrogen and oxygen atoms in total. The lowest BCUT2D eigenvalue weighted by Crippen LogP contribution is -2.22. The van der Waals surface area contributed by atoms with E-state index in [0.29, 0.717) is 22.6 Å². The molecule has 2 aromatic rings. The molecule has 2 aromatic carbocycles. The predicted octanol–water partition coefficient (Wildman–Crippen LogP) is 3.93. The lowest BCUT2D eigenvalue weighted by molar-refractivity contribution is 0.0245. The molecule has 0 aromatic heterocycles. The Kier molecular flexibility index (Phi) is 2.99. The highest BCUT2D eigenvalue weighted by atomic mass is 35.5. The number of carbonyl (C=O) groups is 1. The van der Waals surface area contributed by atoms with Gasteiger partial charge in [-0.15, -0.1) is 0 Å². The van der Waals surface area contributed by atoms with Crippen molar-refractivity contribution in [1.82, 2.24) is 0 Å². The third-order valence-electron chi connectivity index (χ3n) is 3.20. The summed E-state index contributed by atoms with van der Waals surface area (Å²) in [5.41, 5.74) is 1.78. The van der Waals surface area contributed by atoms with Crippen molar-refractivity contribution >= 4 is 17.6 Å². The highest BCUT2D eigenvalue weighted by molar-refractivity contribution is 6.30. The Hall–Kier alpha value is -1.87. The largest absolute Gasteiger partial charge is 0.453 e. The Balaban J connectivity index is 1.99. The van der Waals surface area contributed by atoms with Crippen LogP contribution >= 0.6 is 11.6 Å². The number of hydrogen-bond acceptors (Lipinski definition) is 2. The van der Waals surface area contributed by atoms with Gasteiger partial charge in [0, 0.05) is 17.0 Å². The number of ether oxygens (including phenoxy) is 1. The zero-order valence-electron chi connectivity index (χ0n) is 9.90. The molecule has 3 rings (SSSR count). The van der Waals surface area contributed by atoms with Crippen molar-refractivity contribution in [3.63, 3.8) is 0 Å². The van der Waals surface area contributed by atoms with E-state index < -0.39 is 17.9 Å². The maximum atomic E-state index is 13.9. The Morgan fingerprint density at radius 3 is 2.79 bits per heavy atom. The molecule has 0 spiro atoms. The molecule has 4 heteroatoms. The summed E-state index contributed by atoms with van der Waals surface area (Å²) >= 11 is 5.72. The van der Waals surface area contributed by atoms with E-state index in [-0.39, 0.29) is 0 Å². The Morgan fingerprint density at radius 1 is 1.21 bits per heavy atom. The second-order valence-electron chi connectivity index (χ2n) is 4.42. The summed E-state index contributed by atoms with van der Waals surface area (Å²) in [6.45, 7) is 0. The summed E-state index contributed by atoms with van der Waals surface area (Å²) in [6, 6.07) is 11.6. The number of benzene rings is 2. The van der Waals surface area contributed by atoms with Crippen LogP contribution in [0.3, 0.4) is 0 Å². The topological polar surface area (TPSA) is 26.3 Å². The molecule has 1 atom stereocenters. The van der Waals surface area contributed by atoms with Gasteiger partial charge < -0.3 is 4.74 Å². The third kappa shape index (κ3) is 2.22. The normalized spacial score (nSPS) is 17.8. The van der Waals surface area contributed by atoms with Crippen LogP contribution < -0.4 is 0 Å². The first-order valence-electron chi connectivity index (χ1n) is 5.89. The maximum Gasteiger partial charge on any atom is 0.339 e. The van der Waals surface area contributed by atoms with Gasteiger partial charge >= 0.3 is 5.97 Å². The number of carbonyl (C=O) groups excluding carboxylic acids is 1. The lowest BCUT2D eigenvalue weighted by atomic mass is 9.94. The first-order chi connectivity index (χ1) is 9.15. The molecule has 0 N–H and O–H groups in total. The van der Waals surface area contributed by atoms with Crippen LogP contribution in [-0.2, 0) is 11.2 Å². The van der Waals surface area contributed by atoms with Crippen molar-refractivity contribution < 1.29 is 13.9 Å². The first-order valence-corrected chi connectivity index (χ1v) is 6.27. The van der Waals surface area contributed by atoms with E-state index in [0.717, 1.165) is 5.56 Å². The minimum atomic E-state index is -0.598. The van der Waals surface area contributed by atoms with Gasteiger partial charge in [0.15, 0.2) is 0 Å². The summed E-state index contributed by atoms with van der Waals surface area (Å²) in [7, 11) is 0.